The van der Waals surface area contributed by atoms with Gasteiger partial charge in [-0.2, -0.15) is 0 Å². The van der Waals surface area contributed by atoms with Gasteiger partial charge < -0.3 is 15.0 Å². The number of benzene rings is 1. The Balaban J connectivity index is 2.58. The fraction of sp³-hybridized carbons (Fsp3) is 0.100. The van der Waals surface area contributed by atoms with Crippen molar-refractivity contribution in [1.29, 1.82) is 0 Å². The molecule has 0 saturated carbocycles. The number of aromatic nitrogens is 1. The summed E-state index contributed by atoms with van der Waals surface area (Å²) in [5.41, 5.74) is 7.04. The Morgan fingerprint density at radius 2 is 2.13 bits per heavy atom. The maximum atomic E-state index is 5.55. The molecule has 0 aliphatic heterocycles. The van der Waals surface area contributed by atoms with Gasteiger partial charge in [0, 0.05) is 5.56 Å². The molecule has 2 rings (SSSR count). The summed E-state index contributed by atoms with van der Waals surface area (Å²) < 4.78 is 10.7. The summed E-state index contributed by atoms with van der Waals surface area (Å²) in [7, 11) is 1.61. The lowest BCUT2D eigenvalue weighted by Crippen LogP contribution is -1.88. The molecule has 5 heteroatoms. The van der Waals surface area contributed by atoms with Crippen molar-refractivity contribution in [1.82, 2.24) is 5.16 Å². The number of nitrogen functional groups attached to an aromatic ring is 1. The molecule has 2 aromatic rings. The summed E-state index contributed by atoms with van der Waals surface area (Å²) >= 11 is 3.31. The van der Waals surface area contributed by atoms with Crippen LogP contribution in [0.1, 0.15) is 0 Å². The summed E-state index contributed by atoms with van der Waals surface area (Å²) in [6.07, 6.45) is 0. The average molecular weight is 269 g/mol. The highest BCUT2D eigenvalue weighted by atomic mass is 79.9. The van der Waals surface area contributed by atoms with Crippen LogP contribution in [-0.4, -0.2) is 12.3 Å². The van der Waals surface area contributed by atoms with Crippen LogP contribution < -0.4 is 10.5 Å². The second-order valence-electron chi connectivity index (χ2n) is 2.91. The smallest absolute Gasteiger partial charge is 0.237 e. The van der Waals surface area contributed by atoms with Crippen molar-refractivity contribution >= 4 is 21.8 Å². The molecule has 0 aliphatic rings. The molecule has 4 nitrogen and oxygen atoms in total. The zero-order valence-electron chi connectivity index (χ0n) is 8.03. The van der Waals surface area contributed by atoms with E-state index in [0.29, 0.717) is 10.2 Å². The first-order valence-electron chi connectivity index (χ1n) is 4.28. The predicted octanol–water partition coefficient (Wildman–Crippen LogP) is 2.69. The van der Waals surface area contributed by atoms with Crippen LogP contribution in [0.3, 0.4) is 0 Å². The van der Waals surface area contributed by atoms with E-state index in [1.54, 1.807) is 7.11 Å². The van der Waals surface area contributed by atoms with Gasteiger partial charge in [0.1, 0.15) is 15.9 Å². The Hall–Kier alpha value is -1.49. The molecule has 0 amide bonds. The summed E-state index contributed by atoms with van der Waals surface area (Å²) in [5.74, 6) is 0.988. The molecule has 78 valence electrons. The van der Waals surface area contributed by atoms with Gasteiger partial charge >= 0.3 is 0 Å². The van der Waals surface area contributed by atoms with E-state index in [0.717, 1.165) is 11.3 Å². The van der Waals surface area contributed by atoms with Gasteiger partial charge in [-0.3, -0.25) is 0 Å². The molecular weight excluding hydrogens is 260 g/mol. The Labute approximate surface area is 95.1 Å². The molecule has 0 fully saturated rings. The van der Waals surface area contributed by atoms with Gasteiger partial charge in [-0.15, -0.1) is 0 Å². The molecule has 0 aliphatic carbocycles. The van der Waals surface area contributed by atoms with E-state index in [2.05, 4.69) is 21.1 Å². The van der Waals surface area contributed by atoms with Crippen LogP contribution in [0.2, 0.25) is 0 Å². The van der Waals surface area contributed by atoms with Gasteiger partial charge in [-0.05, 0) is 28.1 Å². The molecule has 1 aromatic carbocycles. The van der Waals surface area contributed by atoms with Crippen molar-refractivity contribution in [2.24, 2.45) is 0 Å². The highest BCUT2D eigenvalue weighted by Crippen LogP contribution is 2.36. The lowest BCUT2D eigenvalue weighted by atomic mass is 10.1. The lowest BCUT2D eigenvalue weighted by molar-refractivity contribution is 0.414. The molecule has 15 heavy (non-hydrogen) atoms. The lowest BCUT2D eigenvalue weighted by Gasteiger charge is -2.04. The summed E-state index contributed by atoms with van der Waals surface area (Å²) in [6.45, 7) is 0. The molecule has 2 N–H and O–H groups in total. The Bertz CT molecular complexity index is 482. The average Bonchev–Trinajstić information content (AvgIpc) is 2.60. The number of para-hydroxylation sites is 1. The van der Waals surface area contributed by atoms with Crippen LogP contribution >= 0.6 is 15.9 Å². The second kappa shape index (κ2) is 3.94. The van der Waals surface area contributed by atoms with Crippen molar-refractivity contribution in [3.05, 3.63) is 28.7 Å². The van der Waals surface area contributed by atoms with Crippen LogP contribution in [0.15, 0.2) is 33.3 Å². The number of hydrogen-bond acceptors (Lipinski definition) is 4. The highest BCUT2D eigenvalue weighted by Gasteiger charge is 2.15. The molecule has 1 heterocycles. The SMILES string of the molecule is COc1ccccc1-c1noc(N)c1Br. The van der Waals surface area contributed by atoms with Crippen molar-refractivity contribution < 1.29 is 9.26 Å². The van der Waals surface area contributed by atoms with Crippen LogP contribution in [0.25, 0.3) is 11.3 Å². The molecule has 0 unspecified atom stereocenters. The monoisotopic (exact) mass is 268 g/mol. The summed E-state index contributed by atoms with van der Waals surface area (Å²) in [5, 5.41) is 3.87. The van der Waals surface area contributed by atoms with E-state index in [1.165, 1.54) is 0 Å². The molecule has 0 radical (unpaired) electrons. The predicted molar refractivity (Wildman–Crippen MR) is 60.6 cm³/mol. The van der Waals surface area contributed by atoms with Crippen molar-refractivity contribution in [3.8, 4) is 17.0 Å². The highest BCUT2D eigenvalue weighted by molar-refractivity contribution is 9.10. The Morgan fingerprint density at radius 1 is 1.40 bits per heavy atom. The minimum atomic E-state index is 0.260. The second-order valence-corrected chi connectivity index (χ2v) is 3.70. The zero-order valence-corrected chi connectivity index (χ0v) is 9.61. The van der Waals surface area contributed by atoms with Gasteiger partial charge in [-0.25, -0.2) is 0 Å². The van der Waals surface area contributed by atoms with E-state index in [1.807, 2.05) is 24.3 Å². The maximum Gasteiger partial charge on any atom is 0.237 e. The summed E-state index contributed by atoms with van der Waals surface area (Å²) in [4.78, 5) is 0. The van der Waals surface area contributed by atoms with E-state index < -0.39 is 0 Å². The summed E-state index contributed by atoms with van der Waals surface area (Å²) in [6, 6.07) is 7.53. The van der Waals surface area contributed by atoms with Crippen molar-refractivity contribution in [2.75, 3.05) is 12.8 Å². The maximum absolute atomic E-state index is 5.55. The normalized spacial score (nSPS) is 10.3. The van der Waals surface area contributed by atoms with E-state index in [-0.39, 0.29) is 5.88 Å². The van der Waals surface area contributed by atoms with Crippen molar-refractivity contribution in [2.45, 2.75) is 0 Å². The molecule has 0 spiro atoms. The third kappa shape index (κ3) is 1.70. The number of methoxy groups -OCH3 is 1. The topological polar surface area (TPSA) is 61.3 Å². The van der Waals surface area contributed by atoms with Crippen LogP contribution in [0.5, 0.6) is 5.75 Å². The fourth-order valence-corrected chi connectivity index (χ4v) is 1.66. The number of hydrogen-bond donors (Lipinski definition) is 1. The number of nitrogens with zero attached hydrogens (tertiary/aromatic N) is 1. The number of nitrogens with two attached hydrogens (primary N) is 1. The van der Waals surface area contributed by atoms with Gasteiger partial charge in [0.05, 0.1) is 7.11 Å². The minimum absolute atomic E-state index is 0.260. The molecule has 0 bridgehead atoms. The largest absolute Gasteiger partial charge is 0.496 e. The Kier molecular flexibility index (Phi) is 2.64. The molecule has 1 aromatic heterocycles. The first-order chi connectivity index (χ1) is 7.24. The van der Waals surface area contributed by atoms with Gasteiger partial charge in [-0.1, -0.05) is 17.3 Å². The van der Waals surface area contributed by atoms with E-state index in [4.69, 9.17) is 15.0 Å². The van der Waals surface area contributed by atoms with Crippen LogP contribution in [-0.2, 0) is 0 Å². The standard InChI is InChI=1S/C10H9BrN2O2/c1-14-7-5-3-2-4-6(7)9-8(11)10(12)15-13-9/h2-5H,12H2,1H3. The van der Waals surface area contributed by atoms with Crippen molar-refractivity contribution in [3.63, 3.8) is 0 Å². The van der Waals surface area contributed by atoms with Gasteiger partial charge in [0.15, 0.2) is 0 Å². The minimum Gasteiger partial charge on any atom is -0.496 e. The fourth-order valence-electron chi connectivity index (χ4n) is 1.30. The number of anilines is 1. The van der Waals surface area contributed by atoms with Gasteiger partial charge in [0.25, 0.3) is 0 Å². The van der Waals surface area contributed by atoms with Crippen LogP contribution in [0.4, 0.5) is 5.88 Å². The van der Waals surface area contributed by atoms with Gasteiger partial charge in [0.2, 0.25) is 5.88 Å². The number of rotatable bonds is 2. The number of halogens is 1. The molecule has 0 atom stereocenters. The van der Waals surface area contributed by atoms with E-state index >= 15 is 0 Å². The first kappa shape index (κ1) is 10.0. The zero-order chi connectivity index (χ0) is 10.8. The quantitative estimate of drug-likeness (QED) is 0.910. The van der Waals surface area contributed by atoms with E-state index in [9.17, 15) is 0 Å². The van der Waals surface area contributed by atoms with Crippen LogP contribution in [0, 0.1) is 0 Å². The third-order valence-electron chi connectivity index (χ3n) is 2.02. The molecule has 0 saturated heterocycles. The number of ether oxygens (including phenoxy) is 1. The first-order valence-corrected chi connectivity index (χ1v) is 5.07. The molecular formula is C10H9BrN2O2. The third-order valence-corrected chi connectivity index (χ3v) is 2.79. The Morgan fingerprint density at radius 3 is 2.73 bits per heavy atom.